The van der Waals surface area contributed by atoms with Gasteiger partial charge in [-0.2, -0.15) is 0 Å². The van der Waals surface area contributed by atoms with E-state index in [1.807, 2.05) is 53.9 Å². The van der Waals surface area contributed by atoms with Crippen LogP contribution in [-0.4, -0.2) is 9.38 Å². The molecule has 2 aromatic heterocycles. The van der Waals surface area contributed by atoms with Gasteiger partial charge in [0.15, 0.2) is 0 Å². The largest absolute Gasteiger partial charge is 0.325 e. The Morgan fingerprint density at radius 2 is 2.00 bits per heavy atom. The van der Waals surface area contributed by atoms with Gasteiger partial charge in [-0.25, -0.2) is 4.98 Å². The highest BCUT2D eigenvalue weighted by atomic mass is 35.5. The number of nitrogens with two attached hydrogens (primary N) is 1. The van der Waals surface area contributed by atoms with Crippen LogP contribution in [0.1, 0.15) is 11.3 Å². The molecule has 4 heteroatoms. The van der Waals surface area contributed by atoms with Gasteiger partial charge in [-0.15, -0.1) is 0 Å². The fraction of sp³-hybridized carbons (Fsp3) is 0.133. The van der Waals surface area contributed by atoms with Gasteiger partial charge < -0.3 is 10.1 Å². The topological polar surface area (TPSA) is 43.3 Å². The molecule has 96 valence electrons. The number of hydrogen-bond donors (Lipinski definition) is 1. The lowest BCUT2D eigenvalue weighted by molar-refractivity contribution is 0.959. The van der Waals surface area contributed by atoms with E-state index in [-0.39, 0.29) is 0 Å². The Labute approximate surface area is 116 Å². The van der Waals surface area contributed by atoms with Crippen molar-refractivity contribution < 1.29 is 0 Å². The van der Waals surface area contributed by atoms with E-state index >= 15 is 0 Å². The number of pyridine rings is 1. The van der Waals surface area contributed by atoms with E-state index in [1.54, 1.807) is 0 Å². The Hall–Kier alpha value is -1.84. The molecule has 2 N–H and O–H groups in total. The minimum atomic E-state index is 0.422. The zero-order valence-electron chi connectivity index (χ0n) is 10.6. The predicted octanol–water partition coefficient (Wildman–Crippen LogP) is 3.42. The van der Waals surface area contributed by atoms with Gasteiger partial charge in [-0.3, -0.25) is 0 Å². The van der Waals surface area contributed by atoms with Crippen molar-refractivity contribution in [2.24, 2.45) is 5.73 Å². The summed E-state index contributed by atoms with van der Waals surface area (Å²) in [6.07, 6.45) is 1.87. The number of fused-ring (bicyclic) bond motifs is 1. The molecule has 3 nitrogen and oxygen atoms in total. The molecule has 0 unspecified atom stereocenters. The highest BCUT2D eigenvalue weighted by Gasteiger charge is 2.14. The van der Waals surface area contributed by atoms with Crippen molar-refractivity contribution in [2.45, 2.75) is 13.5 Å². The van der Waals surface area contributed by atoms with Gasteiger partial charge in [0.2, 0.25) is 0 Å². The Morgan fingerprint density at radius 3 is 2.68 bits per heavy atom. The van der Waals surface area contributed by atoms with Crippen LogP contribution in [0.4, 0.5) is 0 Å². The monoisotopic (exact) mass is 271 g/mol. The number of aryl methyl sites for hydroxylation is 1. The first-order valence-electron chi connectivity index (χ1n) is 6.13. The molecular weight excluding hydrogens is 258 g/mol. The van der Waals surface area contributed by atoms with E-state index in [4.69, 9.17) is 22.3 Å². The van der Waals surface area contributed by atoms with E-state index in [2.05, 4.69) is 0 Å². The van der Waals surface area contributed by atoms with Crippen LogP contribution in [0.2, 0.25) is 5.02 Å². The molecule has 3 aromatic rings. The van der Waals surface area contributed by atoms with Crippen LogP contribution in [0.3, 0.4) is 0 Å². The van der Waals surface area contributed by atoms with Crippen molar-refractivity contribution >= 4 is 17.2 Å². The molecule has 0 saturated heterocycles. The number of halogens is 1. The maximum Gasteiger partial charge on any atom is 0.140 e. The van der Waals surface area contributed by atoms with Crippen LogP contribution < -0.4 is 5.73 Å². The Morgan fingerprint density at radius 1 is 1.26 bits per heavy atom. The zero-order valence-corrected chi connectivity index (χ0v) is 11.4. The number of hydrogen-bond acceptors (Lipinski definition) is 2. The van der Waals surface area contributed by atoms with Crippen LogP contribution in [0.25, 0.3) is 16.9 Å². The number of rotatable bonds is 2. The van der Waals surface area contributed by atoms with Crippen molar-refractivity contribution in [3.8, 4) is 11.3 Å². The third-order valence-corrected chi connectivity index (χ3v) is 3.42. The normalized spacial score (nSPS) is 11.1. The van der Waals surface area contributed by atoms with Gasteiger partial charge in [0.05, 0.1) is 16.4 Å². The third-order valence-electron chi connectivity index (χ3n) is 3.21. The summed E-state index contributed by atoms with van der Waals surface area (Å²) in [7, 11) is 0. The van der Waals surface area contributed by atoms with Crippen LogP contribution >= 0.6 is 11.6 Å². The smallest absolute Gasteiger partial charge is 0.140 e. The molecule has 0 spiro atoms. The van der Waals surface area contributed by atoms with E-state index in [1.165, 1.54) is 0 Å². The first kappa shape index (κ1) is 12.2. The summed E-state index contributed by atoms with van der Waals surface area (Å²) in [5.74, 6) is 0. The lowest BCUT2D eigenvalue weighted by Crippen LogP contribution is -2.02. The Balaban J connectivity index is 2.35. The van der Waals surface area contributed by atoms with Crippen molar-refractivity contribution in [3.05, 3.63) is 58.9 Å². The van der Waals surface area contributed by atoms with Gasteiger partial charge >= 0.3 is 0 Å². The molecule has 3 rings (SSSR count). The second-order valence-electron chi connectivity index (χ2n) is 4.51. The quantitative estimate of drug-likeness (QED) is 0.776. The molecule has 0 aliphatic rings. The molecule has 0 saturated carbocycles. The van der Waals surface area contributed by atoms with E-state index in [9.17, 15) is 0 Å². The summed E-state index contributed by atoms with van der Waals surface area (Å²) in [6.45, 7) is 2.43. The molecule has 19 heavy (non-hydrogen) atoms. The SMILES string of the molecule is Cc1cc(Cl)cn2c(CN)c(-c3ccccc3)nc12. The minimum Gasteiger partial charge on any atom is -0.325 e. The highest BCUT2D eigenvalue weighted by Crippen LogP contribution is 2.27. The molecule has 0 aliphatic carbocycles. The maximum absolute atomic E-state index is 6.12. The van der Waals surface area contributed by atoms with Crippen molar-refractivity contribution in [2.75, 3.05) is 0 Å². The first-order chi connectivity index (χ1) is 9.20. The molecule has 0 aliphatic heterocycles. The van der Waals surface area contributed by atoms with Crippen molar-refractivity contribution in [1.29, 1.82) is 0 Å². The summed E-state index contributed by atoms with van der Waals surface area (Å²) >= 11 is 6.12. The van der Waals surface area contributed by atoms with Crippen LogP contribution in [0.5, 0.6) is 0 Å². The summed E-state index contributed by atoms with van der Waals surface area (Å²) < 4.78 is 1.99. The van der Waals surface area contributed by atoms with Gasteiger partial charge in [-0.05, 0) is 18.6 Å². The second kappa shape index (κ2) is 4.68. The molecule has 0 radical (unpaired) electrons. The molecule has 0 bridgehead atoms. The molecule has 0 amide bonds. The minimum absolute atomic E-state index is 0.422. The van der Waals surface area contributed by atoms with Gasteiger partial charge in [0.25, 0.3) is 0 Å². The molecular formula is C15H14ClN3. The Bertz CT molecular complexity index is 732. The van der Waals surface area contributed by atoms with Crippen LogP contribution in [-0.2, 0) is 6.54 Å². The average molecular weight is 272 g/mol. The molecule has 0 fully saturated rings. The number of imidazole rings is 1. The molecule has 2 heterocycles. The van der Waals surface area contributed by atoms with Crippen molar-refractivity contribution in [3.63, 3.8) is 0 Å². The van der Waals surface area contributed by atoms with Crippen molar-refractivity contribution in [1.82, 2.24) is 9.38 Å². The second-order valence-corrected chi connectivity index (χ2v) is 4.95. The summed E-state index contributed by atoms with van der Waals surface area (Å²) in [4.78, 5) is 4.72. The Kier molecular flexibility index (Phi) is 3.01. The predicted molar refractivity (Wildman–Crippen MR) is 78.3 cm³/mol. The fourth-order valence-corrected chi connectivity index (χ4v) is 2.60. The third kappa shape index (κ3) is 2.01. The van der Waals surface area contributed by atoms with Gasteiger partial charge in [-0.1, -0.05) is 41.9 Å². The van der Waals surface area contributed by atoms with Gasteiger partial charge in [0, 0.05) is 18.3 Å². The van der Waals surface area contributed by atoms with Gasteiger partial charge in [0.1, 0.15) is 5.65 Å². The van der Waals surface area contributed by atoms with E-state index in [0.717, 1.165) is 28.2 Å². The highest BCUT2D eigenvalue weighted by molar-refractivity contribution is 6.30. The molecule has 1 aromatic carbocycles. The fourth-order valence-electron chi connectivity index (χ4n) is 2.34. The number of aromatic nitrogens is 2. The standard InChI is InChI=1S/C15H14ClN3/c1-10-7-12(16)9-19-13(8-17)14(18-15(10)19)11-5-3-2-4-6-11/h2-7,9H,8,17H2,1H3. The van der Waals surface area contributed by atoms with E-state index in [0.29, 0.717) is 11.6 Å². The molecule has 0 atom stereocenters. The zero-order chi connectivity index (χ0) is 13.4. The first-order valence-corrected chi connectivity index (χ1v) is 6.51. The summed E-state index contributed by atoms with van der Waals surface area (Å²) in [5, 5.41) is 0.691. The number of benzene rings is 1. The summed E-state index contributed by atoms with van der Waals surface area (Å²) in [5.41, 5.74) is 10.8. The van der Waals surface area contributed by atoms with Crippen LogP contribution in [0, 0.1) is 6.92 Å². The lowest BCUT2D eigenvalue weighted by Gasteiger charge is -2.03. The average Bonchev–Trinajstić information content (AvgIpc) is 2.78. The maximum atomic E-state index is 6.12. The van der Waals surface area contributed by atoms with Crippen LogP contribution in [0.15, 0.2) is 42.6 Å². The lowest BCUT2D eigenvalue weighted by atomic mass is 10.1. The number of nitrogens with zero attached hydrogens (tertiary/aromatic N) is 2. The van der Waals surface area contributed by atoms with E-state index < -0.39 is 0 Å². The summed E-state index contributed by atoms with van der Waals surface area (Å²) in [6, 6.07) is 12.0.